The third-order valence-electron chi connectivity index (χ3n) is 5.72. The minimum Gasteiger partial charge on any atom is -0.439 e. The summed E-state index contributed by atoms with van der Waals surface area (Å²) in [4.78, 5) is 15.6. The number of anilines is 1. The standard InChI is InChI=1S/C22H26N2O4/c1-13-9-16(14(2)25)20-17(10-13)19(26)18(15-11-23-27-12-15)21(28-20)24-7-5-22(3,4)6-8-24/h9-12,14,25H,5-8H2,1-4H3. The summed E-state index contributed by atoms with van der Waals surface area (Å²) < 4.78 is 11.4. The molecule has 0 aliphatic carbocycles. The second-order valence-corrected chi connectivity index (χ2v) is 8.58. The van der Waals surface area contributed by atoms with Gasteiger partial charge in [0, 0.05) is 18.7 Å². The molecule has 1 aromatic carbocycles. The van der Waals surface area contributed by atoms with Crippen molar-refractivity contribution in [1.82, 2.24) is 5.16 Å². The Balaban J connectivity index is 1.99. The average Bonchev–Trinajstić information content (AvgIpc) is 3.15. The lowest BCUT2D eigenvalue weighted by atomic mass is 9.82. The van der Waals surface area contributed by atoms with E-state index in [9.17, 15) is 9.90 Å². The molecule has 0 saturated carbocycles. The Morgan fingerprint density at radius 2 is 1.96 bits per heavy atom. The van der Waals surface area contributed by atoms with E-state index >= 15 is 0 Å². The molecule has 0 spiro atoms. The van der Waals surface area contributed by atoms with Gasteiger partial charge in [-0.1, -0.05) is 19.0 Å². The Kier molecular flexibility index (Phi) is 4.54. The van der Waals surface area contributed by atoms with Gasteiger partial charge in [-0.05, 0) is 49.8 Å². The van der Waals surface area contributed by atoms with Crippen LogP contribution in [0.4, 0.5) is 5.88 Å². The molecule has 6 heteroatoms. The average molecular weight is 382 g/mol. The molecule has 0 bridgehead atoms. The van der Waals surface area contributed by atoms with Gasteiger partial charge in [0.25, 0.3) is 0 Å². The molecule has 0 amide bonds. The van der Waals surface area contributed by atoms with E-state index in [2.05, 4.69) is 23.9 Å². The Bertz CT molecular complexity index is 1050. The van der Waals surface area contributed by atoms with E-state index in [1.54, 1.807) is 13.1 Å². The first kappa shape index (κ1) is 18.7. The van der Waals surface area contributed by atoms with Crippen LogP contribution in [-0.4, -0.2) is 23.4 Å². The number of piperidine rings is 1. The van der Waals surface area contributed by atoms with Gasteiger partial charge in [-0.15, -0.1) is 0 Å². The minimum atomic E-state index is -0.736. The molecule has 0 radical (unpaired) electrons. The molecule has 3 aromatic rings. The molecule has 3 heterocycles. The quantitative estimate of drug-likeness (QED) is 0.721. The molecule has 1 atom stereocenters. The summed E-state index contributed by atoms with van der Waals surface area (Å²) >= 11 is 0. The molecular weight excluding hydrogens is 356 g/mol. The summed E-state index contributed by atoms with van der Waals surface area (Å²) in [5, 5.41) is 14.5. The van der Waals surface area contributed by atoms with Crippen LogP contribution in [0.2, 0.25) is 0 Å². The summed E-state index contributed by atoms with van der Waals surface area (Å²) in [6.07, 6.45) is 4.30. The zero-order chi connectivity index (χ0) is 20.1. The van der Waals surface area contributed by atoms with Crippen LogP contribution in [0.15, 0.2) is 38.3 Å². The molecule has 1 aliphatic heterocycles. The highest BCUT2D eigenvalue weighted by Gasteiger charge is 2.30. The summed E-state index contributed by atoms with van der Waals surface area (Å²) in [5.41, 5.74) is 3.20. The number of benzene rings is 1. The van der Waals surface area contributed by atoms with Gasteiger partial charge in [0.15, 0.2) is 0 Å². The third kappa shape index (κ3) is 3.22. The topological polar surface area (TPSA) is 79.7 Å². The first-order valence-electron chi connectivity index (χ1n) is 9.71. The lowest BCUT2D eigenvalue weighted by Gasteiger charge is -2.37. The molecule has 4 rings (SSSR count). The number of hydrogen-bond acceptors (Lipinski definition) is 6. The lowest BCUT2D eigenvalue weighted by Crippen LogP contribution is -2.38. The van der Waals surface area contributed by atoms with E-state index in [4.69, 9.17) is 8.94 Å². The molecule has 148 valence electrons. The first-order chi connectivity index (χ1) is 13.3. The molecule has 1 aliphatic rings. The fraction of sp³-hybridized carbons (Fsp3) is 0.455. The Morgan fingerprint density at radius 3 is 2.57 bits per heavy atom. The van der Waals surface area contributed by atoms with Crippen LogP contribution in [0.3, 0.4) is 0 Å². The van der Waals surface area contributed by atoms with Crippen LogP contribution < -0.4 is 10.3 Å². The predicted octanol–water partition coefficient (Wildman–Crippen LogP) is 4.44. The van der Waals surface area contributed by atoms with Crippen LogP contribution >= 0.6 is 0 Å². The maximum Gasteiger partial charge on any atom is 0.208 e. The van der Waals surface area contributed by atoms with Gasteiger partial charge >= 0.3 is 0 Å². The summed E-state index contributed by atoms with van der Waals surface area (Å²) in [5.74, 6) is 0.530. The number of hydrogen-bond donors (Lipinski definition) is 1. The smallest absolute Gasteiger partial charge is 0.208 e. The highest BCUT2D eigenvalue weighted by molar-refractivity contribution is 5.89. The van der Waals surface area contributed by atoms with E-state index in [1.165, 1.54) is 6.26 Å². The fourth-order valence-electron chi connectivity index (χ4n) is 3.89. The van der Waals surface area contributed by atoms with Crippen molar-refractivity contribution in [3.05, 3.63) is 45.9 Å². The van der Waals surface area contributed by atoms with Crippen molar-refractivity contribution in [2.45, 2.75) is 46.6 Å². The van der Waals surface area contributed by atoms with Crippen molar-refractivity contribution in [1.29, 1.82) is 0 Å². The third-order valence-corrected chi connectivity index (χ3v) is 5.72. The van der Waals surface area contributed by atoms with Crippen molar-refractivity contribution in [2.24, 2.45) is 5.41 Å². The predicted molar refractivity (Wildman–Crippen MR) is 109 cm³/mol. The Labute approximate surface area is 163 Å². The van der Waals surface area contributed by atoms with Crippen molar-refractivity contribution in [2.75, 3.05) is 18.0 Å². The number of nitrogens with zero attached hydrogens (tertiary/aromatic N) is 2. The van der Waals surface area contributed by atoms with Crippen LogP contribution in [0.25, 0.3) is 22.1 Å². The van der Waals surface area contributed by atoms with Gasteiger partial charge in [0.2, 0.25) is 11.3 Å². The molecule has 1 unspecified atom stereocenters. The largest absolute Gasteiger partial charge is 0.439 e. The Morgan fingerprint density at radius 1 is 1.25 bits per heavy atom. The van der Waals surface area contributed by atoms with Crippen LogP contribution in [-0.2, 0) is 0 Å². The van der Waals surface area contributed by atoms with E-state index in [1.807, 2.05) is 19.1 Å². The minimum absolute atomic E-state index is 0.130. The number of rotatable bonds is 3. The summed E-state index contributed by atoms with van der Waals surface area (Å²) in [6, 6.07) is 3.69. The van der Waals surface area contributed by atoms with Gasteiger partial charge in [-0.25, -0.2) is 0 Å². The van der Waals surface area contributed by atoms with E-state index in [0.29, 0.717) is 33.5 Å². The monoisotopic (exact) mass is 382 g/mol. The van der Waals surface area contributed by atoms with Crippen molar-refractivity contribution in [3.63, 3.8) is 0 Å². The zero-order valence-electron chi connectivity index (χ0n) is 16.8. The second kappa shape index (κ2) is 6.78. The molecule has 1 N–H and O–H groups in total. The SMILES string of the molecule is Cc1cc(C(C)O)c2oc(N3CCC(C)(C)CC3)c(-c3cnoc3)c(=O)c2c1. The van der Waals surface area contributed by atoms with Crippen LogP contribution in [0.1, 0.15) is 50.8 Å². The summed E-state index contributed by atoms with van der Waals surface area (Å²) in [7, 11) is 0. The molecule has 28 heavy (non-hydrogen) atoms. The molecule has 6 nitrogen and oxygen atoms in total. The van der Waals surface area contributed by atoms with E-state index < -0.39 is 6.10 Å². The number of aliphatic hydroxyl groups excluding tert-OH is 1. The van der Waals surface area contributed by atoms with Crippen molar-refractivity contribution >= 4 is 16.9 Å². The fourth-order valence-corrected chi connectivity index (χ4v) is 3.89. The van der Waals surface area contributed by atoms with E-state index in [-0.39, 0.29) is 10.8 Å². The zero-order valence-corrected chi connectivity index (χ0v) is 16.8. The van der Waals surface area contributed by atoms with Crippen molar-refractivity contribution < 1.29 is 14.0 Å². The van der Waals surface area contributed by atoms with Crippen LogP contribution in [0, 0.1) is 12.3 Å². The molecule has 2 aromatic heterocycles. The molecule has 1 fully saturated rings. The van der Waals surface area contributed by atoms with Crippen molar-refractivity contribution in [3.8, 4) is 11.1 Å². The van der Waals surface area contributed by atoms with Gasteiger partial charge in [-0.3, -0.25) is 4.79 Å². The number of aliphatic hydroxyl groups is 1. The van der Waals surface area contributed by atoms with E-state index in [0.717, 1.165) is 31.5 Å². The second-order valence-electron chi connectivity index (χ2n) is 8.58. The first-order valence-corrected chi connectivity index (χ1v) is 9.71. The lowest BCUT2D eigenvalue weighted by molar-refractivity contribution is 0.199. The molecule has 1 saturated heterocycles. The maximum absolute atomic E-state index is 13.5. The summed E-state index contributed by atoms with van der Waals surface area (Å²) in [6.45, 7) is 9.72. The normalized spacial score (nSPS) is 17.8. The Hall–Kier alpha value is -2.60. The van der Waals surface area contributed by atoms with Crippen LogP contribution in [0.5, 0.6) is 0 Å². The van der Waals surface area contributed by atoms with Gasteiger partial charge in [-0.2, -0.15) is 0 Å². The highest BCUT2D eigenvalue weighted by Crippen LogP contribution is 2.38. The van der Waals surface area contributed by atoms with Gasteiger partial charge in [0.1, 0.15) is 11.8 Å². The highest BCUT2D eigenvalue weighted by atomic mass is 16.5. The van der Waals surface area contributed by atoms with Gasteiger partial charge < -0.3 is 18.9 Å². The number of aryl methyl sites for hydroxylation is 1. The van der Waals surface area contributed by atoms with Gasteiger partial charge in [0.05, 0.1) is 28.8 Å². The number of fused-ring (bicyclic) bond motifs is 1. The molecular formula is C22H26N2O4. The maximum atomic E-state index is 13.5. The number of aromatic nitrogens is 1.